The van der Waals surface area contributed by atoms with Gasteiger partial charge in [0.05, 0.1) is 0 Å². The highest BCUT2D eigenvalue weighted by atomic mass is 35.5. The molecule has 0 aliphatic heterocycles. The highest BCUT2D eigenvalue weighted by Gasteiger charge is 2.34. The summed E-state index contributed by atoms with van der Waals surface area (Å²) in [6.07, 6.45) is 0.723. The van der Waals surface area contributed by atoms with Crippen molar-refractivity contribution in [2.24, 2.45) is 0 Å². The van der Waals surface area contributed by atoms with Gasteiger partial charge in [0.15, 0.2) is 0 Å². The molecule has 0 amide bonds. The lowest BCUT2D eigenvalue weighted by molar-refractivity contribution is 0.450. The molecule has 0 saturated carbocycles. The molecule has 4 aromatic rings. The molecular weight excluding hydrogens is 403 g/mol. The molecule has 0 saturated heterocycles. The molecule has 0 spiro atoms. The van der Waals surface area contributed by atoms with Gasteiger partial charge in [-0.05, 0) is 64.7 Å². The molecule has 2 N–H and O–H groups in total. The molecule has 2 atom stereocenters. The van der Waals surface area contributed by atoms with Crippen LogP contribution in [0, 0.1) is 0 Å². The first-order valence-electron chi connectivity index (χ1n) is 9.51. The Morgan fingerprint density at radius 3 is 1.41 bits per heavy atom. The summed E-state index contributed by atoms with van der Waals surface area (Å²) in [5, 5.41) is 24.9. The van der Waals surface area contributed by atoms with E-state index in [9.17, 15) is 10.2 Å². The third-order valence-corrected chi connectivity index (χ3v) is 6.44. The quantitative estimate of drug-likeness (QED) is 0.359. The Morgan fingerprint density at radius 2 is 1.00 bits per heavy atom. The van der Waals surface area contributed by atoms with Crippen LogP contribution in [0.4, 0.5) is 0 Å². The second-order valence-corrected chi connectivity index (χ2v) is 8.41. The van der Waals surface area contributed by atoms with Crippen molar-refractivity contribution in [3.8, 4) is 11.5 Å². The lowest BCUT2D eigenvalue weighted by atomic mass is 9.70. The fourth-order valence-electron chi connectivity index (χ4n) is 4.62. The number of rotatable bonds is 2. The van der Waals surface area contributed by atoms with Gasteiger partial charge < -0.3 is 10.2 Å². The average molecular weight is 421 g/mol. The minimum absolute atomic E-state index is 0.0223. The van der Waals surface area contributed by atoms with Crippen molar-refractivity contribution in [2.75, 3.05) is 0 Å². The van der Waals surface area contributed by atoms with Crippen LogP contribution in [-0.4, -0.2) is 10.2 Å². The smallest absolute Gasteiger partial charge is 0.120 e. The van der Waals surface area contributed by atoms with Crippen LogP contribution >= 0.6 is 23.2 Å². The fraction of sp³-hybridized carbons (Fsp3) is 0.120. The maximum absolute atomic E-state index is 10.8. The maximum atomic E-state index is 10.8. The third kappa shape index (κ3) is 3.04. The Bertz CT molecular complexity index is 1120. The summed E-state index contributed by atoms with van der Waals surface area (Å²) >= 11 is 12.2. The van der Waals surface area contributed by atoms with Gasteiger partial charge in [-0.3, -0.25) is 0 Å². The summed E-state index contributed by atoms with van der Waals surface area (Å²) in [4.78, 5) is 0. The van der Waals surface area contributed by atoms with Gasteiger partial charge in [0.2, 0.25) is 0 Å². The molecular formula is C25H18Cl2O2. The van der Waals surface area contributed by atoms with Gasteiger partial charge in [0.1, 0.15) is 11.5 Å². The monoisotopic (exact) mass is 420 g/mol. The summed E-state index contributed by atoms with van der Waals surface area (Å²) in [6.45, 7) is 0. The van der Waals surface area contributed by atoms with Crippen LogP contribution in [0.2, 0.25) is 10.0 Å². The second kappa shape index (κ2) is 6.98. The van der Waals surface area contributed by atoms with E-state index >= 15 is 0 Å². The maximum Gasteiger partial charge on any atom is 0.120 e. The van der Waals surface area contributed by atoms with Crippen molar-refractivity contribution < 1.29 is 10.2 Å². The van der Waals surface area contributed by atoms with Crippen molar-refractivity contribution in [3.05, 3.63) is 105 Å². The first-order chi connectivity index (χ1) is 14.0. The molecule has 29 heavy (non-hydrogen) atoms. The number of halogens is 2. The van der Waals surface area contributed by atoms with Gasteiger partial charge in [-0.1, -0.05) is 59.6 Å². The van der Waals surface area contributed by atoms with Gasteiger partial charge in [-0.15, -0.1) is 0 Å². The van der Waals surface area contributed by atoms with E-state index in [1.165, 1.54) is 0 Å². The Hall–Kier alpha value is -2.68. The number of phenols is 2. The van der Waals surface area contributed by atoms with E-state index in [1.54, 1.807) is 12.1 Å². The highest BCUT2D eigenvalue weighted by molar-refractivity contribution is 6.30. The van der Waals surface area contributed by atoms with Gasteiger partial charge in [0.25, 0.3) is 0 Å². The lowest BCUT2D eigenvalue weighted by Gasteiger charge is -2.34. The number of hydrogen-bond donors (Lipinski definition) is 2. The molecule has 1 aliphatic carbocycles. The number of phenolic OH excluding ortho intramolecular Hbond substituents is 2. The van der Waals surface area contributed by atoms with Crippen molar-refractivity contribution >= 4 is 34.0 Å². The standard InChI is InChI=1S/C25H18Cl2O2/c26-17-7-1-14(2-8-17)19-13-20(15-3-9-18(27)10-4-15)25-22(29)12-6-16-5-11-21(28)24(19)23(16)25/h1-12,19-20,28-29H,13H2. The largest absolute Gasteiger partial charge is 0.508 e. The van der Waals surface area contributed by atoms with Crippen molar-refractivity contribution in [1.29, 1.82) is 0 Å². The van der Waals surface area contributed by atoms with Crippen LogP contribution in [0.25, 0.3) is 10.8 Å². The van der Waals surface area contributed by atoms with E-state index in [2.05, 4.69) is 0 Å². The first-order valence-corrected chi connectivity index (χ1v) is 10.3. The van der Waals surface area contributed by atoms with Gasteiger partial charge in [0, 0.05) is 33.0 Å². The molecule has 0 radical (unpaired) electrons. The molecule has 1 aliphatic rings. The SMILES string of the molecule is Oc1ccc2ccc(O)c3c2c1C(c1ccc(Cl)cc1)CC3c1ccc(Cl)cc1. The molecule has 2 nitrogen and oxygen atoms in total. The van der Waals surface area contributed by atoms with Gasteiger partial charge in [-0.25, -0.2) is 0 Å². The summed E-state index contributed by atoms with van der Waals surface area (Å²) in [5.41, 5.74) is 3.90. The molecule has 0 heterocycles. The zero-order chi connectivity index (χ0) is 20.1. The van der Waals surface area contributed by atoms with E-state index in [0.717, 1.165) is 39.4 Å². The lowest BCUT2D eigenvalue weighted by Crippen LogP contribution is -2.16. The van der Waals surface area contributed by atoms with Crippen LogP contribution in [0.3, 0.4) is 0 Å². The molecule has 0 aromatic heterocycles. The van der Waals surface area contributed by atoms with Crippen LogP contribution < -0.4 is 0 Å². The summed E-state index contributed by atoms with van der Waals surface area (Å²) in [7, 11) is 0. The molecule has 2 unspecified atom stereocenters. The summed E-state index contributed by atoms with van der Waals surface area (Å²) < 4.78 is 0. The Morgan fingerprint density at radius 1 is 0.586 bits per heavy atom. The fourth-order valence-corrected chi connectivity index (χ4v) is 4.88. The van der Waals surface area contributed by atoms with E-state index in [4.69, 9.17) is 23.2 Å². The highest BCUT2D eigenvalue weighted by Crippen LogP contribution is 2.53. The third-order valence-electron chi connectivity index (χ3n) is 5.93. The van der Waals surface area contributed by atoms with E-state index in [0.29, 0.717) is 10.0 Å². The zero-order valence-corrected chi connectivity index (χ0v) is 17.0. The first kappa shape index (κ1) is 18.4. The molecule has 0 bridgehead atoms. The normalized spacial score (nSPS) is 18.1. The van der Waals surface area contributed by atoms with Gasteiger partial charge in [-0.2, -0.15) is 0 Å². The van der Waals surface area contributed by atoms with Crippen molar-refractivity contribution in [1.82, 2.24) is 0 Å². The van der Waals surface area contributed by atoms with Crippen LogP contribution in [0.5, 0.6) is 11.5 Å². The predicted molar refractivity (Wildman–Crippen MR) is 118 cm³/mol. The minimum Gasteiger partial charge on any atom is -0.508 e. The van der Waals surface area contributed by atoms with Crippen molar-refractivity contribution in [2.45, 2.75) is 18.3 Å². The molecule has 4 aromatic carbocycles. The minimum atomic E-state index is -0.0223. The molecule has 144 valence electrons. The van der Waals surface area contributed by atoms with Gasteiger partial charge >= 0.3 is 0 Å². The Kier molecular flexibility index (Phi) is 4.42. The molecule has 5 rings (SSSR count). The van der Waals surface area contributed by atoms with E-state index < -0.39 is 0 Å². The summed E-state index contributed by atoms with van der Waals surface area (Å²) in [5.74, 6) is 0.453. The summed E-state index contributed by atoms with van der Waals surface area (Å²) in [6, 6.07) is 22.8. The average Bonchev–Trinajstić information content (AvgIpc) is 2.73. The Labute approximate surface area is 179 Å². The van der Waals surface area contributed by atoms with Crippen LogP contribution in [-0.2, 0) is 0 Å². The van der Waals surface area contributed by atoms with Crippen LogP contribution in [0.1, 0.15) is 40.5 Å². The predicted octanol–water partition coefficient (Wildman–Crippen LogP) is 7.23. The van der Waals surface area contributed by atoms with E-state index in [-0.39, 0.29) is 23.3 Å². The van der Waals surface area contributed by atoms with Crippen molar-refractivity contribution in [3.63, 3.8) is 0 Å². The zero-order valence-electron chi connectivity index (χ0n) is 15.4. The molecule has 4 heteroatoms. The van der Waals surface area contributed by atoms with Crippen LogP contribution in [0.15, 0.2) is 72.8 Å². The number of benzene rings is 4. The van der Waals surface area contributed by atoms with E-state index in [1.807, 2.05) is 60.7 Å². The number of hydrogen-bond acceptors (Lipinski definition) is 2. The Balaban J connectivity index is 1.82. The molecule has 0 fully saturated rings. The number of aromatic hydroxyl groups is 2. The topological polar surface area (TPSA) is 40.5 Å². The second-order valence-electron chi connectivity index (χ2n) is 7.54.